The van der Waals surface area contributed by atoms with Gasteiger partial charge in [-0.15, -0.1) is 0 Å². The van der Waals surface area contributed by atoms with Gasteiger partial charge in [0.2, 0.25) is 0 Å². The molecule has 5 heteroatoms. The summed E-state index contributed by atoms with van der Waals surface area (Å²) in [6, 6.07) is 1.75. The van der Waals surface area contributed by atoms with Crippen molar-refractivity contribution < 1.29 is 4.79 Å². The van der Waals surface area contributed by atoms with E-state index in [1.165, 1.54) is 17.1 Å². The van der Waals surface area contributed by atoms with Gasteiger partial charge in [-0.25, -0.2) is 4.98 Å². The first-order valence-corrected chi connectivity index (χ1v) is 3.10. The van der Waals surface area contributed by atoms with Crippen molar-refractivity contribution in [2.45, 2.75) is 0 Å². The van der Waals surface area contributed by atoms with Crippen molar-refractivity contribution in [3.8, 4) is 6.07 Å². The lowest BCUT2D eigenvalue weighted by Gasteiger charge is -1.95. The maximum atomic E-state index is 10.8. The third-order valence-electron chi connectivity index (χ3n) is 1.33. The quantitative estimate of drug-likeness (QED) is 0.661. The van der Waals surface area contributed by atoms with Crippen LogP contribution in [0, 0.1) is 11.3 Å². The van der Waals surface area contributed by atoms with Gasteiger partial charge < -0.3 is 10.3 Å². The summed E-state index contributed by atoms with van der Waals surface area (Å²) in [5.41, 5.74) is 5.09. The molecule has 1 aromatic heterocycles. The minimum atomic E-state index is -0.691. The lowest BCUT2D eigenvalue weighted by molar-refractivity contribution is 0.0994. The van der Waals surface area contributed by atoms with Crippen LogP contribution in [0.2, 0.25) is 0 Å². The number of amides is 1. The molecule has 0 aliphatic rings. The summed E-state index contributed by atoms with van der Waals surface area (Å²) in [4.78, 5) is 14.4. The number of rotatable bonds is 2. The van der Waals surface area contributed by atoms with Crippen molar-refractivity contribution in [1.82, 2.24) is 9.55 Å². The van der Waals surface area contributed by atoms with E-state index in [4.69, 9.17) is 11.0 Å². The Bertz CT molecular complexity index is 371. The first-order valence-electron chi connectivity index (χ1n) is 3.10. The molecule has 0 fully saturated rings. The van der Waals surface area contributed by atoms with Gasteiger partial charge in [-0.3, -0.25) is 4.79 Å². The lowest BCUT2D eigenvalue weighted by atomic mass is 10.3. The molecule has 1 heterocycles. The molecule has 0 radical (unpaired) electrons. The first-order chi connectivity index (χ1) is 5.70. The zero-order chi connectivity index (χ0) is 9.14. The summed E-state index contributed by atoms with van der Waals surface area (Å²) < 4.78 is 1.31. The van der Waals surface area contributed by atoms with Gasteiger partial charge in [0, 0.05) is 6.20 Å². The molecule has 0 spiro atoms. The third-order valence-corrected chi connectivity index (χ3v) is 1.33. The first kappa shape index (κ1) is 8.01. The predicted molar refractivity (Wildman–Crippen MR) is 41.8 cm³/mol. The van der Waals surface area contributed by atoms with Crippen LogP contribution in [0.3, 0.4) is 0 Å². The van der Waals surface area contributed by atoms with E-state index in [-0.39, 0.29) is 11.4 Å². The highest BCUT2D eigenvalue weighted by atomic mass is 16.1. The number of hydrogen-bond acceptors (Lipinski definition) is 3. The molecule has 0 saturated heterocycles. The minimum Gasteiger partial charge on any atom is -0.364 e. The zero-order valence-electron chi connectivity index (χ0n) is 6.19. The molecule has 0 saturated carbocycles. The van der Waals surface area contributed by atoms with Crippen LogP contribution in [0.15, 0.2) is 12.9 Å². The number of primary amides is 1. The average molecular weight is 162 g/mol. The average Bonchev–Trinajstić information content (AvgIpc) is 2.46. The van der Waals surface area contributed by atoms with Crippen molar-refractivity contribution in [3.05, 3.63) is 24.3 Å². The molecule has 1 aromatic rings. The molecule has 12 heavy (non-hydrogen) atoms. The maximum absolute atomic E-state index is 10.8. The lowest BCUT2D eigenvalue weighted by Crippen LogP contribution is -2.15. The molecule has 5 nitrogen and oxygen atoms in total. The molecule has 1 rings (SSSR count). The van der Waals surface area contributed by atoms with E-state index in [0.717, 1.165) is 0 Å². The Hall–Kier alpha value is -2.09. The second-order valence-electron chi connectivity index (χ2n) is 2.01. The Kier molecular flexibility index (Phi) is 1.92. The summed E-state index contributed by atoms with van der Waals surface area (Å²) in [5.74, 6) is -0.691. The topological polar surface area (TPSA) is 84.7 Å². The van der Waals surface area contributed by atoms with Crippen LogP contribution in [0.5, 0.6) is 0 Å². The van der Waals surface area contributed by atoms with Gasteiger partial charge in [0.05, 0.1) is 0 Å². The largest absolute Gasteiger partial charge is 0.364 e. The molecular weight excluding hydrogens is 156 g/mol. The van der Waals surface area contributed by atoms with Crippen LogP contribution in [0.1, 0.15) is 16.2 Å². The molecule has 0 atom stereocenters. The maximum Gasteiger partial charge on any atom is 0.268 e. The fourth-order valence-electron chi connectivity index (χ4n) is 0.825. The Morgan fingerprint density at radius 2 is 2.58 bits per heavy atom. The van der Waals surface area contributed by atoms with Crippen molar-refractivity contribution >= 4 is 12.1 Å². The number of nitriles is 1. The Labute approximate surface area is 68.7 Å². The molecule has 1 amide bonds. The zero-order valence-corrected chi connectivity index (χ0v) is 6.19. The SMILES string of the molecule is C=Cn1cnc(C#N)c1C(N)=O. The summed E-state index contributed by atoms with van der Waals surface area (Å²) in [5, 5.41) is 8.51. The van der Waals surface area contributed by atoms with E-state index in [1.54, 1.807) is 6.07 Å². The number of carbonyl (C=O) groups is 1. The number of carbonyl (C=O) groups excluding carboxylic acids is 1. The van der Waals surface area contributed by atoms with E-state index in [2.05, 4.69) is 11.6 Å². The number of hydrogen-bond donors (Lipinski definition) is 1. The van der Waals surface area contributed by atoms with Crippen molar-refractivity contribution in [3.63, 3.8) is 0 Å². The van der Waals surface area contributed by atoms with Crippen LogP contribution in [-0.2, 0) is 0 Å². The predicted octanol–water partition coefficient (Wildman–Crippen LogP) is -0.0458. The van der Waals surface area contributed by atoms with Crippen LogP contribution in [0.4, 0.5) is 0 Å². The van der Waals surface area contributed by atoms with Crippen molar-refractivity contribution in [2.75, 3.05) is 0 Å². The number of nitrogens with two attached hydrogens (primary N) is 1. The Morgan fingerprint density at radius 1 is 1.92 bits per heavy atom. The summed E-state index contributed by atoms with van der Waals surface area (Å²) >= 11 is 0. The highest BCUT2D eigenvalue weighted by Gasteiger charge is 2.13. The summed E-state index contributed by atoms with van der Waals surface area (Å²) in [7, 11) is 0. The molecule has 0 aromatic carbocycles. The van der Waals surface area contributed by atoms with Gasteiger partial charge in [-0.1, -0.05) is 6.58 Å². The molecule has 0 aliphatic heterocycles. The van der Waals surface area contributed by atoms with Gasteiger partial charge in [0.25, 0.3) is 5.91 Å². The molecule has 0 unspecified atom stereocenters. The number of aromatic nitrogens is 2. The van der Waals surface area contributed by atoms with E-state index in [1.807, 2.05) is 0 Å². The monoisotopic (exact) mass is 162 g/mol. The highest BCUT2D eigenvalue weighted by Crippen LogP contribution is 2.05. The van der Waals surface area contributed by atoms with Crippen molar-refractivity contribution in [2.24, 2.45) is 5.73 Å². The third kappa shape index (κ3) is 1.06. The van der Waals surface area contributed by atoms with E-state index in [9.17, 15) is 4.79 Å². The molecular formula is C7H6N4O. The summed E-state index contributed by atoms with van der Waals surface area (Å²) in [6.45, 7) is 3.43. The molecule has 2 N–H and O–H groups in total. The number of nitrogens with zero attached hydrogens (tertiary/aromatic N) is 3. The van der Waals surface area contributed by atoms with Crippen molar-refractivity contribution in [1.29, 1.82) is 5.26 Å². The van der Waals surface area contributed by atoms with Crippen LogP contribution < -0.4 is 5.73 Å². The second kappa shape index (κ2) is 2.88. The highest BCUT2D eigenvalue weighted by molar-refractivity contribution is 5.93. The fraction of sp³-hybridized carbons (Fsp3) is 0. The molecule has 0 aliphatic carbocycles. The number of imidazole rings is 1. The summed E-state index contributed by atoms with van der Waals surface area (Å²) in [6.07, 6.45) is 2.67. The van der Waals surface area contributed by atoms with Gasteiger partial charge in [-0.05, 0) is 0 Å². The van der Waals surface area contributed by atoms with Gasteiger partial charge in [-0.2, -0.15) is 5.26 Å². The fourth-order valence-corrected chi connectivity index (χ4v) is 0.825. The minimum absolute atomic E-state index is 0.0161. The van der Waals surface area contributed by atoms with Gasteiger partial charge in [0.15, 0.2) is 5.69 Å². The van der Waals surface area contributed by atoms with Crippen LogP contribution >= 0.6 is 0 Å². The van der Waals surface area contributed by atoms with E-state index < -0.39 is 5.91 Å². The van der Waals surface area contributed by atoms with E-state index in [0.29, 0.717) is 0 Å². The normalized spacial score (nSPS) is 8.92. The Balaban J connectivity index is 3.38. The van der Waals surface area contributed by atoms with E-state index >= 15 is 0 Å². The van der Waals surface area contributed by atoms with Gasteiger partial charge >= 0.3 is 0 Å². The standard InChI is InChI=1S/C7H6N4O/c1-2-11-4-10-5(3-8)6(11)7(9)12/h2,4H,1H2,(H2,9,12). The van der Waals surface area contributed by atoms with Crippen LogP contribution in [-0.4, -0.2) is 15.5 Å². The second-order valence-corrected chi connectivity index (χ2v) is 2.01. The Morgan fingerprint density at radius 3 is 3.00 bits per heavy atom. The molecule has 60 valence electrons. The molecule has 0 bridgehead atoms. The van der Waals surface area contributed by atoms with Gasteiger partial charge in [0.1, 0.15) is 18.1 Å². The van der Waals surface area contributed by atoms with Crippen LogP contribution in [0.25, 0.3) is 6.20 Å². The smallest absolute Gasteiger partial charge is 0.268 e.